The Morgan fingerprint density at radius 2 is 2.16 bits per heavy atom. The van der Waals surface area contributed by atoms with E-state index in [-0.39, 0.29) is 0 Å². The molecule has 0 fully saturated rings. The minimum Gasteiger partial charge on any atom is -0.497 e. The van der Waals surface area contributed by atoms with E-state index in [4.69, 9.17) is 4.74 Å². The van der Waals surface area contributed by atoms with Crippen molar-refractivity contribution in [2.45, 2.75) is 6.42 Å². The number of nitrogens with zero attached hydrogens (tertiary/aromatic N) is 2. The van der Waals surface area contributed by atoms with Gasteiger partial charge in [-0.15, -0.1) is 0 Å². The normalized spacial score (nSPS) is 10.8. The maximum absolute atomic E-state index is 5.29. The quantitative estimate of drug-likeness (QED) is 0.724. The predicted molar refractivity (Wildman–Crippen MR) is 80.9 cm³/mol. The van der Waals surface area contributed by atoms with Crippen molar-refractivity contribution < 1.29 is 4.74 Å². The first-order chi connectivity index (χ1) is 9.26. The first-order valence-electron chi connectivity index (χ1n) is 5.80. The average molecular weight is 335 g/mol. The Bertz CT molecular complexity index is 726. The SMILES string of the molecule is COc1ccc2cccc(Cc3nsc(Br)n3)c2c1. The number of hydrogen-bond donors (Lipinski definition) is 0. The van der Waals surface area contributed by atoms with Crippen LogP contribution in [-0.4, -0.2) is 16.5 Å². The Hall–Kier alpha value is -1.46. The van der Waals surface area contributed by atoms with Gasteiger partial charge in [-0.1, -0.05) is 24.3 Å². The lowest BCUT2D eigenvalue weighted by Gasteiger charge is -2.07. The monoisotopic (exact) mass is 334 g/mol. The van der Waals surface area contributed by atoms with Crippen molar-refractivity contribution in [3.8, 4) is 5.75 Å². The van der Waals surface area contributed by atoms with Gasteiger partial charge in [-0.25, -0.2) is 4.98 Å². The van der Waals surface area contributed by atoms with Crippen LogP contribution < -0.4 is 4.74 Å². The van der Waals surface area contributed by atoms with Crippen LogP contribution in [-0.2, 0) is 6.42 Å². The highest BCUT2D eigenvalue weighted by atomic mass is 79.9. The van der Waals surface area contributed by atoms with Crippen molar-refractivity contribution in [3.05, 3.63) is 51.7 Å². The highest BCUT2D eigenvalue weighted by molar-refractivity contribution is 9.11. The van der Waals surface area contributed by atoms with E-state index >= 15 is 0 Å². The van der Waals surface area contributed by atoms with Crippen LogP contribution in [0.15, 0.2) is 40.3 Å². The minimum atomic E-state index is 0.729. The summed E-state index contributed by atoms with van der Waals surface area (Å²) in [5.41, 5.74) is 1.21. The third-order valence-corrected chi connectivity index (χ3v) is 4.13. The number of aromatic nitrogens is 2. The van der Waals surface area contributed by atoms with Crippen LogP contribution in [0.2, 0.25) is 0 Å². The molecule has 0 atom stereocenters. The summed E-state index contributed by atoms with van der Waals surface area (Å²) in [4.78, 5) is 4.35. The Balaban J connectivity index is 2.06. The molecule has 1 aromatic heterocycles. The molecule has 0 aliphatic heterocycles. The molecule has 3 aromatic rings. The van der Waals surface area contributed by atoms with Gasteiger partial charge in [0.05, 0.1) is 7.11 Å². The van der Waals surface area contributed by atoms with Gasteiger partial charge in [0.2, 0.25) is 0 Å². The topological polar surface area (TPSA) is 35.0 Å². The Morgan fingerprint density at radius 3 is 2.89 bits per heavy atom. The molecule has 3 rings (SSSR count). The smallest absolute Gasteiger partial charge is 0.179 e. The number of fused-ring (bicyclic) bond motifs is 1. The Kier molecular flexibility index (Phi) is 3.48. The Morgan fingerprint density at radius 1 is 1.26 bits per heavy atom. The molecule has 2 aromatic carbocycles. The van der Waals surface area contributed by atoms with Crippen LogP contribution in [0.3, 0.4) is 0 Å². The fourth-order valence-electron chi connectivity index (χ4n) is 2.07. The molecule has 1 heterocycles. The van der Waals surface area contributed by atoms with Crippen molar-refractivity contribution in [1.29, 1.82) is 0 Å². The summed E-state index contributed by atoms with van der Waals surface area (Å²) >= 11 is 4.71. The molecule has 0 aliphatic rings. The lowest BCUT2D eigenvalue weighted by Crippen LogP contribution is -1.92. The summed E-state index contributed by atoms with van der Waals surface area (Å²) in [6.45, 7) is 0. The van der Waals surface area contributed by atoms with E-state index in [1.165, 1.54) is 27.9 Å². The van der Waals surface area contributed by atoms with Crippen molar-refractivity contribution in [1.82, 2.24) is 9.36 Å². The van der Waals surface area contributed by atoms with Crippen LogP contribution in [0, 0.1) is 0 Å². The molecule has 0 radical (unpaired) electrons. The van der Waals surface area contributed by atoms with Gasteiger partial charge in [0.1, 0.15) is 11.6 Å². The van der Waals surface area contributed by atoms with Gasteiger partial charge in [-0.2, -0.15) is 4.37 Å². The maximum Gasteiger partial charge on any atom is 0.179 e. The van der Waals surface area contributed by atoms with E-state index in [1.54, 1.807) is 7.11 Å². The summed E-state index contributed by atoms with van der Waals surface area (Å²) in [6, 6.07) is 12.4. The molecule has 0 amide bonds. The van der Waals surface area contributed by atoms with Crippen molar-refractivity contribution in [2.75, 3.05) is 7.11 Å². The number of halogens is 1. The maximum atomic E-state index is 5.29. The van der Waals surface area contributed by atoms with Crippen LogP contribution in [0.1, 0.15) is 11.4 Å². The summed E-state index contributed by atoms with van der Waals surface area (Å²) in [5.74, 6) is 1.71. The van der Waals surface area contributed by atoms with Crippen molar-refractivity contribution in [2.24, 2.45) is 0 Å². The van der Waals surface area contributed by atoms with Gasteiger partial charge in [-0.3, -0.25) is 0 Å². The minimum absolute atomic E-state index is 0.729. The molecule has 3 nitrogen and oxygen atoms in total. The van der Waals surface area contributed by atoms with E-state index in [1.807, 2.05) is 6.07 Å². The zero-order valence-corrected chi connectivity index (χ0v) is 12.7. The third kappa shape index (κ3) is 2.62. The second-order valence-corrected chi connectivity index (χ2v) is 6.17. The summed E-state index contributed by atoms with van der Waals surface area (Å²) < 4.78 is 10.4. The zero-order valence-electron chi connectivity index (χ0n) is 10.3. The van der Waals surface area contributed by atoms with Gasteiger partial charge in [0.15, 0.2) is 3.92 Å². The third-order valence-electron chi connectivity index (χ3n) is 2.97. The number of ether oxygens (including phenoxy) is 1. The summed E-state index contributed by atoms with van der Waals surface area (Å²) in [7, 11) is 1.68. The van der Waals surface area contributed by atoms with Gasteiger partial charge in [0, 0.05) is 6.42 Å². The molecule has 0 bridgehead atoms. The van der Waals surface area contributed by atoms with Crippen LogP contribution in [0.4, 0.5) is 0 Å². The van der Waals surface area contributed by atoms with E-state index in [2.05, 4.69) is 55.6 Å². The second-order valence-electron chi connectivity index (χ2n) is 4.14. The predicted octanol–water partition coefficient (Wildman–Crippen LogP) is 4.05. The lowest BCUT2D eigenvalue weighted by molar-refractivity contribution is 0.415. The number of benzene rings is 2. The van der Waals surface area contributed by atoms with Crippen LogP contribution in [0.25, 0.3) is 10.8 Å². The highest BCUT2D eigenvalue weighted by Crippen LogP contribution is 2.26. The van der Waals surface area contributed by atoms with Crippen LogP contribution in [0.5, 0.6) is 5.75 Å². The van der Waals surface area contributed by atoms with E-state index in [9.17, 15) is 0 Å². The molecular formula is C14H11BrN2OS. The molecular weight excluding hydrogens is 324 g/mol. The molecule has 19 heavy (non-hydrogen) atoms. The summed E-state index contributed by atoms with van der Waals surface area (Å²) in [5, 5.41) is 2.39. The van der Waals surface area contributed by atoms with Gasteiger partial charge >= 0.3 is 0 Å². The van der Waals surface area contributed by atoms with Gasteiger partial charge < -0.3 is 4.74 Å². The Labute approximate surface area is 123 Å². The standard InChI is InChI=1S/C14H11BrN2OS/c1-18-11-6-5-9-3-2-4-10(12(9)8-11)7-13-16-14(15)19-17-13/h2-6,8H,7H2,1H3. The fourth-order valence-corrected chi connectivity index (χ4v) is 2.93. The van der Waals surface area contributed by atoms with Gasteiger partial charge in [-0.05, 0) is 55.9 Å². The average Bonchev–Trinajstić information content (AvgIpc) is 2.84. The van der Waals surface area contributed by atoms with Gasteiger partial charge in [0.25, 0.3) is 0 Å². The van der Waals surface area contributed by atoms with Crippen LogP contribution >= 0.6 is 27.5 Å². The molecule has 5 heteroatoms. The number of rotatable bonds is 3. The van der Waals surface area contributed by atoms with E-state index in [0.717, 1.165) is 21.9 Å². The molecule has 0 aliphatic carbocycles. The van der Waals surface area contributed by atoms with E-state index in [0.29, 0.717) is 0 Å². The number of hydrogen-bond acceptors (Lipinski definition) is 4. The molecule has 0 unspecified atom stereocenters. The largest absolute Gasteiger partial charge is 0.497 e. The van der Waals surface area contributed by atoms with E-state index < -0.39 is 0 Å². The fraction of sp³-hybridized carbons (Fsp3) is 0.143. The first kappa shape index (κ1) is 12.6. The second kappa shape index (κ2) is 5.27. The molecule has 0 saturated carbocycles. The van der Waals surface area contributed by atoms with Crippen molar-refractivity contribution >= 4 is 38.2 Å². The number of methoxy groups -OCH3 is 1. The molecule has 0 spiro atoms. The molecule has 0 saturated heterocycles. The molecule has 0 N–H and O–H groups in total. The first-order valence-corrected chi connectivity index (χ1v) is 7.36. The lowest BCUT2D eigenvalue weighted by atomic mass is 10.0. The highest BCUT2D eigenvalue weighted by Gasteiger charge is 2.07. The summed E-state index contributed by atoms with van der Waals surface area (Å²) in [6.07, 6.45) is 0.729. The zero-order chi connectivity index (χ0) is 13.2. The van der Waals surface area contributed by atoms with Crippen molar-refractivity contribution in [3.63, 3.8) is 0 Å². The molecule has 96 valence electrons.